The fourth-order valence-corrected chi connectivity index (χ4v) is 2.73. The Balaban J connectivity index is 1.65. The van der Waals surface area contributed by atoms with Gasteiger partial charge in [-0.3, -0.25) is 4.79 Å². The van der Waals surface area contributed by atoms with Crippen molar-refractivity contribution in [1.82, 2.24) is 5.32 Å². The molecule has 2 aromatic carbocycles. The van der Waals surface area contributed by atoms with Crippen LogP contribution in [-0.4, -0.2) is 18.6 Å². The molecule has 2 atom stereocenters. The number of hydrogen-bond acceptors (Lipinski definition) is 3. The highest BCUT2D eigenvalue weighted by atomic mass is 16.5. The summed E-state index contributed by atoms with van der Waals surface area (Å²) in [6, 6.07) is 15.5. The van der Waals surface area contributed by atoms with E-state index in [0.717, 1.165) is 23.3 Å². The highest BCUT2D eigenvalue weighted by Gasteiger charge is 2.25. The Morgan fingerprint density at radius 3 is 2.91 bits per heavy atom. The third-order valence-corrected chi connectivity index (χ3v) is 3.95. The second-order valence-electron chi connectivity index (χ2n) is 5.81. The number of carbonyl (C=O) groups excluding carboxylic acids is 1. The van der Waals surface area contributed by atoms with Crippen LogP contribution in [-0.2, 0) is 4.79 Å². The van der Waals surface area contributed by atoms with Crippen LogP contribution >= 0.6 is 0 Å². The highest BCUT2D eigenvalue weighted by Crippen LogP contribution is 2.31. The van der Waals surface area contributed by atoms with Gasteiger partial charge in [-0.1, -0.05) is 30.3 Å². The second kappa shape index (κ2) is 6.73. The molecule has 23 heavy (non-hydrogen) atoms. The number of rotatable bonds is 4. The van der Waals surface area contributed by atoms with Crippen LogP contribution in [0.5, 0.6) is 11.5 Å². The molecule has 0 radical (unpaired) electrons. The summed E-state index contributed by atoms with van der Waals surface area (Å²) in [5.41, 5.74) is 2.13. The molecule has 2 aromatic rings. The molecule has 0 fully saturated rings. The molecule has 0 bridgehead atoms. The van der Waals surface area contributed by atoms with Gasteiger partial charge in [-0.2, -0.15) is 0 Å². The number of benzene rings is 2. The number of fused-ring (bicyclic) bond motifs is 1. The average molecular weight is 311 g/mol. The minimum absolute atomic E-state index is 0.0315. The van der Waals surface area contributed by atoms with Crippen molar-refractivity contribution >= 4 is 5.91 Å². The van der Waals surface area contributed by atoms with Crippen molar-refractivity contribution in [3.05, 3.63) is 59.7 Å². The first-order valence-corrected chi connectivity index (χ1v) is 7.89. The topological polar surface area (TPSA) is 47.6 Å². The van der Waals surface area contributed by atoms with E-state index < -0.39 is 6.10 Å². The zero-order valence-electron chi connectivity index (χ0n) is 13.4. The molecule has 0 unspecified atom stereocenters. The van der Waals surface area contributed by atoms with E-state index in [2.05, 4.69) is 5.32 Å². The van der Waals surface area contributed by atoms with Gasteiger partial charge in [0.25, 0.3) is 5.91 Å². The van der Waals surface area contributed by atoms with Crippen LogP contribution in [0.3, 0.4) is 0 Å². The third kappa shape index (κ3) is 3.65. The number of ether oxygens (including phenoxy) is 2. The minimum atomic E-state index is -0.549. The van der Waals surface area contributed by atoms with Gasteiger partial charge in [0.2, 0.25) is 0 Å². The predicted molar refractivity (Wildman–Crippen MR) is 88.7 cm³/mol. The summed E-state index contributed by atoms with van der Waals surface area (Å²) in [5.74, 6) is 1.43. The van der Waals surface area contributed by atoms with Crippen LogP contribution < -0.4 is 14.8 Å². The highest BCUT2D eigenvalue weighted by molar-refractivity contribution is 5.81. The number of amides is 1. The summed E-state index contributed by atoms with van der Waals surface area (Å²) in [5, 5.41) is 3.07. The van der Waals surface area contributed by atoms with E-state index in [0.29, 0.717) is 12.4 Å². The lowest BCUT2D eigenvalue weighted by Gasteiger charge is -2.27. The maximum absolute atomic E-state index is 12.4. The first-order valence-electron chi connectivity index (χ1n) is 7.89. The van der Waals surface area contributed by atoms with Gasteiger partial charge in [-0.15, -0.1) is 0 Å². The van der Waals surface area contributed by atoms with Crippen LogP contribution in [0.25, 0.3) is 0 Å². The summed E-state index contributed by atoms with van der Waals surface area (Å²) < 4.78 is 11.4. The quantitative estimate of drug-likeness (QED) is 0.941. The number of hydrogen-bond donors (Lipinski definition) is 1. The first-order chi connectivity index (χ1) is 11.1. The lowest BCUT2D eigenvalue weighted by atomic mass is 10.0. The Morgan fingerprint density at radius 1 is 1.26 bits per heavy atom. The van der Waals surface area contributed by atoms with Crippen molar-refractivity contribution in [2.75, 3.05) is 6.61 Å². The van der Waals surface area contributed by atoms with Gasteiger partial charge in [0.15, 0.2) is 6.10 Å². The van der Waals surface area contributed by atoms with Crippen LogP contribution in [0.1, 0.15) is 30.5 Å². The number of nitrogens with one attached hydrogen (secondary N) is 1. The first kappa shape index (κ1) is 15.4. The molecule has 0 aliphatic carbocycles. The van der Waals surface area contributed by atoms with E-state index in [9.17, 15) is 4.79 Å². The Kier molecular flexibility index (Phi) is 4.51. The minimum Gasteiger partial charge on any atom is -0.493 e. The van der Waals surface area contributed by atoms with Gasteiger partial charge in [0.1, 0.15) is 11.5 Å². The molecule has 120 valence electrons. The smallest absolute Gasteiger partial charge is 0.261 e. The van der Waals surface area contributed by atoms with E-state index in [1.165, 1.54) is 0 Å². The van der Waals surface area contributed by atoms with Crippen LogP contribution in [0.2, 0.25) is 0 Å². The molecule has 0 spiro atoms. The Morgan fingerprint density at radius 2 is 2.09 bits per heavy atom. The van der Waals surface area contributed by atoms with E-state index >= 15 is 0 Å². The van der Waals surface area contributed by atoms with Crippen molar-refractivity contribution in [3.63, 3.8) is 0 Å². The van der Waals surface area contributed by atoms with Gasteiger partial charge in [0, 0.05) is 12.0 Å². The van der Waals surface area contributed by atoms with E-state index in [1.807, 2.05) is 55.5 Å². The summed E-state index contributed by atoms with van der Waals surface area (Å²) in [7, 11) is 0. The molecule has 0 aromatic heterocycles. The lowest BCUT2D eigenvalue weighted by Crippen LogP contribution is -2.40. The zero-order valence-corrected chi connectivity index (χ0v) is 13.4. The van der Waals surface area contributed by atoms with Crippen LogP contribution in [0.4, 0.5) is 0 Å². The molecular formula is C19H21NO3. The van der Waals surface area contributed by atoms with Gasteiger partial charge >= 0.3 is 0 Å². The molecule has 4 nitrogen and oxygen atoms in total. The van der Waals surface area contributed by atoms with Crippen molar-refractivity contribution in [1.29, 1.82) is 0 Å². The molecule has 1 amide bonds. The predicted octanol–water partition coefficient (Wildman–Crippen LogP) is 3.40. The Labute approximate surface area is 136 Å². The van der Waals surface area contributed by atoms with E-state index in [-0.39, 0.29) is 11.9 Å². The third-order valence-electron chi connectivity index (χ3n) is 3.95. The van der Waals surface area contributed by atoms with E-state index in [4.69, 9.17) is 9.47 Å². The number of carbonyl (C=O) groups is 1. The second-order valence-corrected chi connectivity index (χ2v) is 5.81. The summed E-state index contributed by atoms with van der Waals surface area (Å²) in [6.45, 7) is 4.37. The molecule has 1 heterocycles. The number of para-hydroxylation sites is 1. The van der Waals surface area contributed by atoms with Crippen molar-refractivity contribution in [2.45, 2.75) is 32.4 Å². The maximum Gasteiger partial charge on any atom is 0.261 e. The van der Waals surface area contributed by atoms with Crippen LogP contribution in [0, 0.1) is 6.92 Å². The summed E-state index contributed by atoms with van der Waals surface area (Å²) >= 11 is 0. The average Bonchev–Trinajstić information content (AvgIpc) is 2.55. The lowest BCUT2D eigenvalue weighted by molar-refractivity contribution is -0.128. The summed E-state index contributed by atoms with van der Waals surface area (Å²) in [4.78, 5) is 12.4. The fourth-order valence-electron chi connectivity index (χ4n) is 2.73. The molecule has 1 aliphatic heterocycles. The largest absolute Gasteiger partial charge is 0.493 e. The molecular weight excluding hydrogens is 290 g/mol. The molecule has 0 saturated carbocycles. The van der Waals surface area contributed by atoms with Crippen LogP contribution in [0.15, 0.2) is 48.5 Å². The molecule has 3 rings (SSSR count). The number of aryl methyl sites for hydroxylation is 1. The standard InChI is InChI=1S/C19H21NO3/c1-13-6-5-7-15(12-13)23-14(2)19(21)20-17-10-11-22-18-9-4-3-8-16(17)18/h3-9,12,14,17H,10-11H2,1-2H3,(H,20,21)/t14-,17-/m0/s1. The van der Waals surface area contributed by atoms with Crippen molar-refractivity contribution in [2.24, 2.45) is 0 Å². The normalized spacial score (nSPS) is 17.6. The van der Waals surface area contributed by atoms with Gasteiger partial charge < -0.3 is 14.8 Å². The molecule has 1 N–H and O–H groups in total. The summed E-state index contributed by atoms with van der Waals surface area (Å²) in [6.07, 6.45) is 0.215. The SMILES string of the molecule is Cc1cccc(O[C@@H](C)C(=O)N[C@H]2CCOc3ccccc32)c1. The van der Waals surface area contributed by atoms with Gasteiger partial charge in [-0.05, 0) is 37.6 Å². The maximum atomic E-state index is 12.4. The van der Waals surface area contributed by atoms with Crippen molar-refractivity contribution < 1.29 is 14.3 Å². The van der Waals surface area contributed by atoms with Gasteiger partial charge in [0.05, 0.1) is 12.6 Å². The van der Waals surface area contributed by atoms with Crippen molar-refractivity contribution in [3.8, 4) is 11.5 Å². The molecule has 4 heteroatoms. The fraction of sp³-hybridized carbons (Fsp3) is 0.316. The van der Waals surface area contributed by atoms with E-state index in [1.54, 1.807) is 6.92 Å². The molecule has 1 aliphatic rings. The molecule has 0 saturated heterocycles. The van der Waals surface area contributed by atoms with Gasteiger partial charge in [-0.25, -0.2) is 0 Å². The zero-order chi connectivity index (χ0) is 16.2. The Bertz CT molecular complexity index is 699. The Hall–Kier alpha value is -2.49. The monoisotopic (exact) mass is 311 g/mol.